The van der Waals surface area contributed by atoms with E-state index in [0.717, 1.165) is 18.4 Å². The normalized spacial score (nSPS) is 13.5. The number of hydrogen-bond donors (Lipinski definition) is 2. The Labute approximate surface area is 195 Å². The minimum Gasteiger partial charge on any atom is -0.481 e. The van der Waals surface area contributed by atoms with Crippen molar-refractivity contribution in [1.82, 2.24) is 0 Å². The number of carboxylic acid groups (broad SMARTS) is 2. The van der Waals surface area contributed by atoms with Crippen LogP contribution in [0.5, 0.6) is 0 Å². The van der Waals surface area contributed by atoms with Crippen LogP contribution in [0.3, 0.4) is 0 Å². The van der Waals surface area contributed by atoms with Gasteiger partial charge < -0.3 is 10.2 Å². The highest BCUT2D eigenvalue weighted by molar-refractivity contribution is 5.81. The van der Waals surface area contributed by atoms with Crippen LogP contribution in [0.15, 0.2) is 18.2 Å². The first-order valence-electron chi connectivity index (χ1n) is 12.8. The first-order chi connectivity index (χ1) is 15.2. The number of hydrogen-bond acceptors (Lipinski definition) is 2. The zero-order valence-corrected chi connectivity index (χ0v) is 21.0. The van der Waals surface area contributed by atoms with Crippen LogP contribution in [-0.4, -0.2) is 22.2 Å². The van der Waals surface area contributed by atoms with Crippen LogP contribution in [0, 0.1) is 11.8 Å². The molecular weight excluding hydrogens is 400 g/mol. The molecule has 4 nitrogen and oxygen atoms in total. The Morgan fingerprint density at radius 2 is 1.12 bits per heavy atom. The second-order valence-corrected chi connectivity index (χ2v) is 10.0. The lowest BCUT2D eigenvalue weighted by Gasteiger charge is -2.26. The summed E-state index contributed by atoms with van der Waals surface area (Å²) in [5, 5.41) is 19.7. The van der Waals surface area contributed by atoms with Gasteiger partial charge in [-0.3, -0.25) is 9.59 Å². The third-order valence-corrected chi connectivity index (χ3v) is 6.51. The summed E-state index contributed by atoms with van der Waals surface area (Å²) in [5.41, 5.74) is 2.45. The highest BCUT2D eigenvalue weighted by Gasteiger charge is 2.32. The first kappa shape index (κ1) is 28.2. The van der Waals surface area contributed by atoms with Gasteiger partial charge in [0.05, 0.1) is 11.8 Å². The van der Waals surface area contributed by atoms with Gasteiger partial charge in [0, 0.05) is 0 Å². The molecule has 0 aliphatic heterocycles. The number of aryl methyl sites for hydroxylation is 1. The van der Waals surface area contributed by atoms with E-state index in [1.165, 1.54) is 57.8 Å². The predicted octanol–water partition coefficient (Wildman–Crippen LogP) is 7.80. The molecule has 0 spiro atoms. The van der Waals surface area contributed by atoms with Crippen LogP contribution in [0.1, 0.15) is 127 Å². The molecule has 0 heterocycles. The monoisotopic (exact) mass is 446 g/mol. The van der Waals surface area contributed by atoms with Crippen LogP contribution >= 0.6 is 0 Å². The maximum atomic E-state index is 12.1. The Morgan fingerprint density at radius 1 is 0.688 bits per heavy atom. The van der Waals surface area contributed by atoms with Gasteiger partial charge in [0.15, 0.2) is 0 Å². The molecule has 0 fully saturated rings. The molecule has 2 atom stereocenters. The van der Waals surface area contributed by atoms with Crippen molar-refractivity contribution in [1.29, 1.82) is 0 Å². The molecule has 0 amide bonds. The maximum Gasteiger partial charge on any atom is 0.311 e. The summed E-state index contributed by atoms with van der Waals surface area (Å²) in [4.78, 5) is 24.0. The molecule has 32 heavy (non-hydrogen) atoms. The van der Waals surface area contributed by atoms with Crippen molar-refractivity contribution < 1.29 is 19.8 Å². The second kappa shape index (κ2) is 15.1. The number of aliphatic carboxylic acids is 2. The van der Waals surface area contributed by atoms with E-state index in [-0.39, 0.29) is 11.8 Å². The quantitative estimate of drug-likeness (QED) is 0.239. The summed E-state index contributed by atoms with van der Waals surface area (Å²) in [7, 11) is 0. The molecule has 0 saturated carbocycles. The minimum absolute atomic E-state index is 0.110. The molecule has 4 heteroatoms. The highest BCUT2D eigenvalue weighted by Crippen LogP contribution is 2.36. The van der Waals surface area contributed by atoms with Gasteiger partial charge in [-0.2, -0.15) is 0 Å². The molecule has 1 aromatic carbocycles. The van der Waals surface area contributed by atoms with E-state index in [9.17, 15) is 19.8 Å². The standard InChI is InChI=1S/C28H46O4/c1-6-7-8-9-10-11-12-13-14-15-16-22-17-18-23(25(20(2)3)27(29)30)24(19-22)26(21(4)5)28(31)32/h17-21,25-26H,6-16H2,1-5H3,(H,29,30)(H,31,32). The molecule has 0 bridgehead atoms. The van der Waals surface area contributed by atoms with Gasteiger partial charge >= 0.3 is 11.9 Å². The van der Waals surface area contributed by atoms with Gasteiger partial charge in [-0.25, -0.2) is 0 Å². The topological polar surface area (TPSA) is 74.6 Å². The van der Waals surface area contributed by atoms with E-state index in [1.54, 1.807) is 0 Å². The molecule has 1 aromatic rings. The Hall–Kier alpha value is -1.84. The van der Waals surface area contributed by atoms with Crippen molar-refractivity contribution in [3.05, 3.63) is 34.9 Å². The van der Waals surface area contributed by atoms with Gasteiger partial charge in [0.2, 0.25) is 0 Å². The molecular formula is C28H46O4. The number of benzene rings is 1. The molecule has 182 valence electrons. The second-order valence-electron chi connectivity index (χ2n) is 10.0. The van der Waals surface area contributed by atoms with Crippen molar-refractivity contribution in [3.8, 4) is 0 Å². The summed E-state index contributed by atoms with van der Waals surface area (Å²) >= 11 is 0. The average molecular weight is 447 g/mol. The summed E-state index contributed by atoms with van der Waals surface area (Å²) in [6, 6.07) is 5.85. The molecule has 0 saturated heterocycles. The number of unbranched alkanes of at least 4 members (excludes halogenated alkanes) is 9. The lowest BCUT2D eigenvalue weighted by molar-refractivity contribution is -0.141. The summed E-state index contributed by atoms with van der Waals surface area (Å²) in [6.07, 6.45) is 13.7. The third kappa shape index (κ3) is 9.34. The van der Waals surface area contributed by atoms with Gasteiger partial charge in [-0.05, 0) is 41.4 Å². The predicted molar refractivity (Wildman–Crippen MR) is 132 cm³/mol. The molecule has 2 N–H and O–H groups in total. The Kier molecular flexibility index (Phi) is 13.3. The van der Waals surface area contributed by atoms with Crippen molar-refractivity contribution in [3.63, 3.8) is 0 Å². The smallest absolute Gasteiger partial charge is 0.311 e. The lowest BCUT2D eigenvalue weighted by Crippen LogP contribution is -2.24. The van der Waals surface area contributed by atoms with Crippen molar-refractivity contribution >= 4 is 11.9 Å². The van der Waals surface area contributed by atoms with Crippen molar-refractivity contribution in [2.45, 2.75) is 117 Å². The fourth-order valence-corrected chi connectivity index (χ4v) is 4.70. The summed E-state index contributed by atoms with van der Waals surface area (Å²) in [6.45, 7) is 9.79. The van der Waals surface area contributed by atoms with Gasteiger partial charge in [-0.1, -0.05) is 111 Å². The Balaban J connectivity index is 2.81. The fourth-order valence-electron chi connectivity index (χ4n) is 4.70. The SMILES string of the molecule is CCCCCCCCCCCCc1ccc(C(C(=O)O)C(C)C)c(C(C(=O)O)C(C)C)c1. The zero-order chi connectivity index (χ0) is 24.1. The third-order valence-electron chi connectivity index (χ3n) is 6.51. The summed E-state index contributed by atoms with van der Waals surface area (Å²) in [5.74, 6) is -3.39. The van der Waals surface area contributed by atoms with Crippen LogP contribution in [-0.2, 0) is 16.0 Å². The first-order valence-corrected chi connectivity index (χ1v) is 12.8. The van der Waals surface area contributed by atoms with E-state index in [2.05, 4.69) is 6.92 Å². The molecule has 0 aromatic heterocycles. The maximum absolute atomic E-state index is 12.1. The molecule has 0 aliphatic carbocycles. The lowest BCUT2D eigenvalue weighted by atomic mass is 9.78. The van der Waals surface area contributed by atoms with E-state index >= 15 is 0 Å². The average Bonchev–Trinajstić information content (AvgIpc) is 2.70. The van der Waals surface area contributed by atoms with Crippen LogP contribution in [0.4, 0.5) is 0 Å². The Bertz CT molecular complexity index is 693. The van der Waals surface area contributed by atoms with Gasteiger partial charge in [0.1, 0.15) is 0 Å². The molecule has 1 rings (SSSR count). The minimum atomic E-state index is -0.892. The van der Waals surface area contributed by atoms with Crippen molar-refractivity contribution in [2.75, 3.05) is 0 Å². The van der Waals surface area contributed by atoms with Crippen LogP contribution in [0.25, 0.3) is 0 Å². The largest absolute Gasteiger partial charge is 0.481 e. The molecule has 2 unspecified atom stereocenters. The number of rotatable bonds is 17. The summed E-state index contributed by atoms with van der Waals surface area (Å²) < 4.78 is 0. The molecule has 0 radical (unpaired) electrons. The fraction of sp³-hybridized carbons (Fsp3) is 0.714. The highest BCUT2D eigenvalue weighted by atomic mass is 16.4. The van der Waals surface area contributed by atoms with Crippen molar-refractivity contribution in [2.24, 2.45) is 11.8 Å². The zero-order valence-electron chi connectivity index (χ0n) is 21.0. The number of carboxylic acids is 2. The van der Waals surface area contributed by atoms with E-state index in [1.807, 2.05) is 45.9 Å². The van der Waals surface area contributed by atoms with Gasteiger partial charge in [0.25, 0.3) is 0 Å². The number of carbonyl (C=O) groups is 2. The van der Waals surface area contributed by atoms with E-state index in [0.29, 0.717) is 11.1 Å². The van der Waals surface area contributed by atoms with Gasteiger partial charge in [-0.15, -0.1) is 0 Å². The van der Waals surface area contributed by atoms with E-state index < -0.39 is 23.8 Å². The van der Waals surface area contributed by atoms with Crippen LogP contribution in [0.2, 0.25) is 0 Å². The molecule has 0 aliphatic rings. The Morgan fingerprint density at radius 3 is 1.56 bits per heavy atom. The van der Waals surface area contributed by atoms with E-state index in [4.69, 9.17) is 0 Å². The van der Waals surface area contributed by atoms with Crippen LogP contribution < -0.4 is 0 Å².